The molecule has 168 valence electrons. The molecule has 0 aromatic heterocycles. The lowest BCUT2D eigenvalue weighted by molar-refractivity contribution is -0.278. The molecule has 2 aromatic carbocycles. The Balaban J connectivity index is 1.59. The normalized spacial score (nSPS) is 26.8. The highest BCUT2D eigenvalue weighted by molar-refractivity contribution is 5.70. The molecule has 10 heteroatoms. The van der Waals surface area contributed by atoms with Gasteiger partial charge in [0.2, 0.25) is 6.29 Å². The molecule has 0 radical (unpaired) electrons. The van der Waals surface area contributed by atoms with Crippen LogP contribution in [0.4, 0.5) is 0 Å². The largest absolute Gasteiger partial charge is 0.508 e. The zero-order chi connectivity index (χ0) is 22.5. The highest BCUT2D eigenvalue weighted by atomic mass is 16.7. The van der Waals surface area contributed by atoms with Crippen molar-refractivity contribution >= 4 is 5.97 Å². The average Bonchev–Trinajstić information content (AvgIpc) is 2.75. The third-order valence-corrected chi connectivity index (χ3v) is 4.81. The van der Waals surface area contributed by atoms with Gasteiger partial charge in [-0.15, -0.1) is 0 Å². The van der Waals surface area contributed by atoms with E-state index in [1.54, 1.807) is 30.3 Å². The Morgan fingerprint density at radius 2 is 1.71 bits per heavy atom. The Labute approximate surface area is 177 Å². The lowest BCUT2D eigenvalue weighted by Crippen LogP contribution is -2.60. The second-order valence-electron chi connectivity index (χ2n) is 7.10. The number of carbonyl (C=O) groups is 1. The molecule has 1 fully saturated rings. The van der Waals surface area contributed by atoms with Crippen molar-refractivity contribution in [3.8, 4) is 17.2 Å². The van der Waals surface area contributed by atoms with Crippen molar-refractivity contribution in [3.05, 3.63) is 54.1 Å². The number of aromatic hydroxyl groups is 2. The maximum Gasteiger partial charge on any atom is 0.308 e. The van der Waals surface area contributed by atoms with Crippen LogP contribution in [0.1, 0.15) is 18.1 Å². The molecule has 0 amide bonds. The molecule has 6 atom stereocenters. The number of hydrogen-bond donors (Lipinski definition) is 6. The first-order chi connectivity index (χ1) is 14.8. The second kappa shape index (κ2) is 9.94. The molecule has 1 aliphatic rings. The first-order valence-electron chi connectivity index (χ1n) is 9.53. The molecular weight excluding hydrogens is 412 g/mol. The van der Waals surface area contributed by atoms with E-state index >= 15 is 0 Å². The summed E-state index contributed by atoms with van der Waals surface area (Å²) in [6, 6.07) is 12.0. The van der Waals surface area contributed by atoms with Gasteiger partial charge in [0.25, 0.3) is 0 Å². The number of rotatable bonds is 7. The molecule has 0 saturated carbocycles. The van der Waals surface area contributed by atoms with Crippen LogP contribution in [0.25, 0.3) is 0 Å². The summed E-state index contributed by atoms with van der Waals surface area (Å²) in [6.45, 7) is -0.479. The number of benzene rings is 2. The van der Waals surface area contributed by atoms with Crippen LogP contribution in [0.2, 0.25) is 0 Å². The molecule has 3 rings (SSSR count). The summed E-state index contributed by atoms with van der Waals surface area (Å²) in [6.07, 6.45) is -9.11. The standard InChI is InChI=1S/C21H24O10/c22-12-6-7-15(14(24)8-12)30-21-20(28)19(27)18(26)16(31-21)10-29-17(25)9-13(23)11-4-2-1-3-5-11/h1-8,13,16,18-24,26-28H,9-10H2/t13?,16-,18-,19-,20-,21-/m1/s1. The number of esters is 1. The smallest absolute Gasteiger partial charge is 0.308 e. The minimum atomic E-state index is -1.68. The molecule has 2 aromatic rings. The fourth-order valence-electron chi connectivity index (χ4n) is 3.07. The van der Waals surface area contributed by atoms with Crippen molar-refractivity contribution < 1.29 is 49.6 Å². The van der Waals surface area contributed by atoms with Crippen LogP contribution in [0.15, 0.2) is 48.5 Å². The van der Waals surface area contributed by atoms with Gasteiger partial charge in [0, 0.05) is 6.07 Å². The van der Waals surface area contributed by atoms with E-state index in [2.05, 4.69) is 0 Å². The van der Waals surface area contributed by atoms with E-state index in [-0.39, 0.29) is 17.9 Å². The summed E-state index contributed by atoms with van der Waals surface area (Å²) in [5, 5.41) is 59.6. The number of phenolic OH excluding ortho intramolecular Hbond substituents is 2. The lowest BCUT2D eigenvalue weighted by Gasteiger charge is -2.39. The summed E-state index contributed by atoms with van der Waals surface area (Å²) in [4.78, 5) is 12.1. The number of aliphatic hydroxyl groups is 4. The monoisotopic (exact) mass is 436 g/mol. The van der Waals surface area contributed by atoms with Crippen LogP contribution in [0, 0.1) is 0 Å². The van der Waals surface area contributed by atoms with Crippen LogP contribution in [0.3, 0.4) is 0 Å². The molecule has 0 aliphatic carbocycles. The van der Waals surface area contributed by atoms with Gasteiger partial charge in [-0.25, -0.2) is 0 Å². The summed E-state index contributed by atoms with van der Waals surface area (Å²) < 4.78 is 15.8. The highest BCUT2D eigenvalue weighted by Gasteiger charge is 2.45. The van der Waals surface area contributed by atoms with Gasteiger partial charge in [0.05, 0.1) is 12.5 Å². The molecular formula is C21H24O10. The third-order valence-electron chi connectivity index (χ3n) is 4.81. The quantitative estimate of drug-likeness (QED) is 0.324. The van der Waals surface area contributed by atoms with Crippen LogP contribution in [-0.4, -0.2) is 73.9 Å². The van der Waals surface area contributed by atoms with Crippen molar-refractivity contribution in [3.63, 3.8) is 0 Å². The Kier molecular flexibility index (Phi) is 7.31. The van der Waals surface area contributed by atoms with Gasteiger partial charge in [-0.1, -0.05) is 30.3 Å². The highest BCUT2D eigenvalue weighted by Crippen LogP contribution is 2.33. The van der Waals surface area contributed by atoms with Gasteiger partial charge in [0.1, 0.15) is 36.8 Å². The van der Waals surface area contributed by atoms with Crippen molar-refractivity contribution in [2.45, 2.75) is 43.2 Å². The lowest BCUT2D eigenvalue weighted by atomic mass is 9.99. The van der Waals surface area contributed by atoms with E-state index in [0.29, 0.717) is 5.56 Å². The average molecular weight is 436 g/mol. The molecule has 1 saturated heterocycles. The minimum Gasteiger partial charge on any atom is -0.508 e. The van der Waals surface area contributed by atoms with E-state index in [0.717, 1.165) is 6.07 Å². The summed E-state index contributed by atoms with van der Waals surface area (Å²) >= 11 is 0. The maximum absolute atomic E-state index is 12.1. The van der Waals surface area contributed by atoms with Gasteiger partial charge < -0.3 is 44.8 Å². The topological polar surface area (TPSA) is 166 Å². The second-order valence-corrected chi connectivity index (χ2v) is 7.10. The zero-order valence-electron chi connectivity index (χ0n) is 16.3. The number of phenols is 2. The molecule has 6 N–H and O–H groups in total. The molecule has 10 nitrogen and oxygen atoms in total. The van der Waals surface area contributed by atoms with Gasteiger partial charge in [-0.05, 0) is 17.7 Å². The van der Waals surface area contributed by atoms with E-state index in [4.69, 9.17) is 14.2 Å². The van der Waals surface area contributed by atoms with Crippen LogP contribution in [-0.2, 0) is 14.3 Å². The van der Waals surface area contributed by atoms with Crippen molar-refractivity contribution in [1.29, 1.82) is 0 Å². The summed E-state index contributed by atoms with van der Waals surface area (Å²) in [5.74, 6) is -1.56. The van der Waals surface area contributed by atoms with E-state index in [1.165, 1.54) is 12.1 Å². The molecule has 0 bridgehead atoms. The van der Waals surface area contributed by atoms with Crippen molar-refractivity contribution in [2.75, 3.05) is 6.61 Å². The fraction of sp³-hybridized carbons (Fsp3) is 0.381. The molecule has 31 heavy (non-hydrogen) atoms. The third kappa shape index (κ3) is 5.63. The van der Waals surface area contributed by atoms with Gasteiger partial charge >= 0.3 is 5.97 Å². The Morgan fingerprint density at radius 1 is 1.00 bits per heavy atom. The maximum atomic E-state index is 12.1. The number of carbonyl (C=O) groups excluding carboxylic acids is 1. The van der Waals surface area contributed by atoms with Crippen LogP contribution < -0.4 is 4.74 Å². The number of aliphatic hydroxyl groups excluding tert-OH is 4. The first kappa shape index (κ1) is 22.8. The van der Waals surface area contributed by atoms with Gasteiger partial charge in [0.15, 0.2) is 11.5 Å². The van der Waals surface area contributed by atoms with Gasteiger partial charge in [-0.3, -0.25) is 4.79 Å². The van der Waals surface area contributed by atoms with E-state index < -0.39 is 55.1 Å². The van der Waals surface area contributed by atoms with Crippen LogP contribution >= 0.6 is 0 Å². The Bertz CT molecular complexity index is 874. The predicted octanol–water partition coefficient (Wildman–Crippen LogP) is -0.0489. The SMILES string of the molecule is O=C(CC(O)c1ccccc1)OC[C@H]1O[C@@H](Oc2ccc(O)cc2O)[C@H](O)[C@H](O)[C@@H]1O. The minimum absolute atomic E-state index is 0.146. The van der Waals surface area contributed by atoms with Gasteiger partial charge in [-0.2, -0.15) is 0 Å². The van der Waals surface area contributed by atoms with Crippen LogP contribution in [0.5, 0.6) is 17.2 Å². The van der Waals surface area contributed by atoms with E-state index in [1.807, 2.05) is 0 Å². The fourth-order valence-corrected chi connectivity index (χ4v) is 3.07. The van der Waals surface area contributed by atoms with E-state index in [9.17, 15) is 35.4 Å². The predicted molar refractivity (Wildman–Crippen MR) is 104 cm³/mol. The molecule has 0 spiro atoms. The summed E-state index contributed by atoms with van der Waals surface area (Å²) in [5.41, 5.74) is 0.536. The molecule has 1 unspecified atom stereocenters. The molecule has 1 heterocycles. The summed E-state index contributed by atoms with van der Waals surface area (Å²) in [7, 11) is 0. The first-order valence-corrected chi connectivity index (χ1v) is 9.53. The number of ether oxygens (including phenoxy) is 3. The Morgan fingerprint density at radius 3 is 2.39 bits per heavy atom. The number of hydrogen-bond acceptors (Lipinski definition) is 10. The van der Waals surface area contributed by atoms with Crippen molar-refractivity contribution in [2.24, 2.45) is 0 Å². The Hall–Kier alpha value is -2.89. The van der Waals surface area contributed by atoms with Crippen molar-refractivity contribution in [1.82, 2.24) is 0 Å². The molecule has 1 aliphatic heterocycles. The zero-order valence-corrected chi connectivity index (χ0v) is 16.3.